The number of ether oxygens (including phenoxy) is 2. The number of rotatable bonds is 10. The van der Waals surface area contributed by atoms with Gasteiger partial charge in [-0.25, -0.2) is 5.43 Å². The van der Waals surface area contributed by atoms with Gasteiger partial charge in [0, 0.05) is 16.3 Å². The molecule has 0 unspecified atom stereocenters. The average molecular weight is 545 g/mol. The zero-order valence-corrected chi connectivity index (χ0v) is 20.7. The molecule has 0 heterocycles. The average Bonchev–Trinajstić information content (AvgIpc) is 2.81. The first-order chi connectivity index (χ1) is 16.4. The summed E-state index contributed by atoms with van der Waals surface area (Å²) in [5, 5.41) is 7.21. The van der Waals surface area contributed by atoms with Crippen LogP contribution in [0.15, 0.2) is 76.3 Å². The number of hydrazone groups is 1. The number of halogens is 2. The summed E-state index contributed by atoms with van der Waals surface area (Å²) in [4.78, 5) is 24.0. The molecule has 0 bridgehead atoms. The monoisotopic (exact) mass is 543 g/mol. The summed E-state index contributed by atoms with van der Waals surface area (Å²) in [6.07, 6.45) is 1.12. The maximum absolute atomic E-state index is 12.1. The second-order valence-corrected chi connectivity index (χ2v) is 8.31. The Kier molecular flexibility index (Phi) is 9.49. The highest BCUT2D eigenvalue weighted by Crippen LogP contribution is 2.27. The van der Waals surface area contributed by atoms with Gasteiger partial charge in [0.15, 0.2) is 0 Å². The summed E-state index contributed by atoms with van der Waals surface area (Å²) in [5.74, 6) is 0.379. The molecule has 0 aliphatic rings. The van der Waals surface area contributed by atoms with Gasteiger partial charge in [0.25, 0.3) is 0 Å². The van der Waals surface area contributed by atoms with Gasteiger partial charge < -0.3 is 14.8 Å². The second-order valence-electron chi connectivity index (χ2n) is 7.05. The molecule has 0 saturated heterocycles. The molecule has 0 aliphatic heterocycles. The maximum Gasteiger partial charge on any atom is 0.249 e. The highest BCUT2D eigenvalue weighted by molar-refractivity contribution is 9.10. The summed E-state index contributed by atoms with van der Waals surface area (Å²) in [6.45, 7) is 2.79. The Labute approximate surface area is 211 Å². The van der Waals surface area contributed by atoms with Crippen molar-refractivity contribution in [2.75, 3.05) is 11.9 Å². The minimum atomic E-state index is -0.529. The van der Waals surface area contributed by atoms with E-state index in [0.29, 0.717) is 35.4 Å². The molecule has 3 rings (SSSR count). The smallest absolute Gasteiger partial charge is 0.249 e. The Morgan fingerprint density at radius 3 is 2.50 bits per heavy atom. The standard InChI is InChI=1S/C25H23BrClN3O4/c1-2-33-20-10-8-19(9-11-20)29-24(31)14-25(32)30-28-15-17-7-12-23(21(26)13-17)34-16-18-5-3-4-6-22(18)27/h3-13,15H,2,14,16H2,1H3,(H,29,31)(H,30,32). The summed E-state index contributed by atoms with van der Waals surface area (Å²) in [6, 6.07) is 19.8. The first-order valence-corrected chi connectivity index (χ1v) is 11.6. The van der Waals surface area contributed by atoms with Crippen LogP contribution in [0.5, 0.6) is 11.5 Å². The van der Waals surface area contributed by atoms with Crippen molar-refractivity contribution in [3.63, 3.8) is 0 Å². The third-order valence-electron chi connectivity index (χ3n) is 4.47. The molecule has 3 aromatic rings. The molecular weight excluding hydrogens is 522 g/mol. The molecule has 2 amide bonds. The molecule has 0 spiro atoms. The molecule has 9 heteroatoms. The first kappa shape index (κ1) is 25.3. The molecule has 0 radical (unpaired) electrons. The highest BCUT2D eigenvalue weighted by Gasteiger charge is 2.09. The number of carbonyl (C=O) groups is 2. The van der Waals surface area contributed by atoms with E-state index in [-0.39, 0.29) is 6.42 Å². The number of amides is 2. The van der Waals surface area contributed by atoms with E-state index in [1.807, 2.05) is 31.2 Å². The van der Waals surface area contributed by atoms with Crippen LogP contribution in [0.3, 0.4) is 0 Å². The van der Waals surface area contributed by atoms with E-state index in [9.17, 15) is 9.59 Å². The third kappa shape index (κ3) is 7.90. The topological polar surface area (TPSA) is 89.0 Å². The highest BCUT2D eigenvalue weighted by atomic mass is 79.9. The molecule has 176 valence electrons. The Balaban J connectivity index is 1.45. The second kappa shape index (κ2) is 12.8. The van der Waals surface area contributed by atoms with Crippen LogP contribution in [0.1, 0.15) is 24.5 Å². The van der Waals surface area contributed by atoms with E-state index in [1.54, 1.807) is 42.5 Å². The van der Waals surface area contributed by atoms with Crippen LogP contribution in [0, 0.1) is 0 Å². The van der Waals surface area contributed by atoms with Gasteiger partial charge in [-0.2, -0.15) is 5.10 Å². The molecule has 2 N–H and O–H groups in total. The Hall–Kier alpha value is -3.36. The van der Waals surface area contributed by atoms with Crippen LogP contribution in [0.4, 0.5) is 5.69 Å². The minimum Gasteiger partial charge on any atom is -0.494 e. The first-order valence-electron chi connectivity index (χ1n) is 10.4. The van der Waals surface area contributed by atoms with Crippen molar-refractivity contribution < 1.29 is 19.1 Å². The molecule has 3 aromatic carbocycles. The van der Waals surface area contributed by atoms with E-state index >= 15 is 0 Å². The Bertz CT molecular complexity index is 1170. The largest absolute Gasteiger partial charge is 0.494 e. The predicted molar refractivity (Wildman–Crippen MR) is 137 cm³/mol. The van der Waals surface area contributed by atoms with E-state index in [2.05, 4.69) is 31.8 Å². The maximum atomic E-state index is 12.1. The van der Waals surface area contributed by atoms with Crippen LogP contribution in [0.2, 0.25) is 5.02 Å². The van der Waals surface area contributed by atoms with E-state index in [1.165, 1.54) is 6.21 Å². The van der Waals surface area contributed by atoms with Gasteiger partial charge in [0.05, 0.1) is 17.3 Å². The van der Waals surface area contributed by atoms with Crippen molar-refractivity contribution in [1.82, 2.24) is 5.43 Å². The van der Waals surface area contributed by atoms with Crippen molar-refractivity contribution in [3.05, 3.63) is 87.4 Å². The number of benzene rings is 3. The number of carbonyl (C=O) groups excluding carboxylic acids is 2. The normalized spacial score (nSPS) is 10.7. The van der Waals surface area contributed by atoms with Crippen molar-refractivity contribution >= 4 is 51.2 Å². The van der Waals surface area contributed by atoms with Crippen LogP contribution in [-0.2, 0) is 16.2 Å². The Morgan fingerprint density at radius 2 is 1.79 bits per heavy atom. The quantitative estimate of drug-likeness (QED) is 0.199. The number of anilines is 1. The van der Waals surface area contributed by atoms with Gasteiger partial charge in [0.2, 0.25) is 11.8 Å². The molecule has 0 aliphatic carbocycles. The van der Waals surface area contributed by atoms with Crippen molar-refractivity contribution in [2.24, 2.45) is 5.10 Å². The van der Waals surface area contributed by atoms with Gasteiger partial charge in [0.1, 0.15) is 24.5 Å². The SMILES string of the molecule is CCOc1ccc(NC(=O)CC(=O)NN=Cc2ccc(OCc3ccccc3Cl)c(Br)c2)cc1. The van der Waals surface area contributed by atoms with Crippen LogP contribution in [-0.4, -0.2) is 24.6 Å². The van der Waals surface area contributed by atoms with Gasteiger partial charge in [-0.3, -0.25) is 9.59 Å². The lowest BCUT2D eigenvalue weighted by Crippen LogP contribution is -2.24. The minimum absolute atomic E-state index is 0.334. The van der Waals surface area contributed by atoms with Crippen LogP contribution < -0.4 is 20.2 Å². The van der Waals surface area contributed by atoms with Crippen molar-refractivity contribution in [3.8, 4) is 11.5 Å². The lowest BCUT2D eigenvalue weighted by molar-refractivity contribution is -0.126. The molecule has 0 atom stereocenters. The fourth-order valence-corrected chi connectivity index (χ4v) is 3.56. The van der Waals surface area contributed by atoms with Gasteiger partial charge in [-0.1, -0.05) is 29.8 Å². The molecule has 0 aromatic heterocycles. The van der Waals surface area contributed by atoms with E-state index in [0.717, 1.165) is 15.6 Å². The van der Waals surface area contributed by atoms with Crippen molar-refractivity contribution in [2.45, 2.75) is 20.0 Å². The summed E-state index contributed by atoms with van der Waals surface area (Å²) < 4.78 is 11.9. The van der Waals surface area contributed by atoms with E-state index < -0.39 is 11.8 Å². The molecule has 0 saturated carbocycles. The lowest BCUT2D eigenvalue weighted by Gasteiger charge is -2.10. The zero-order valence-electron chi connectivity index (χ0n) is 18.4. The zero-order chi connectivity index (χ0) is 24.3. The van der Waals surface area contributed by atoms with Gasteiger partial charge >= 0.3 is 0 Å². The number of hydrogen-bond acceptors (Lipinski definition) is 5. The predicted octanol–water partition coefficient (Wildman–Crippen LogP) is 5.56. The molecule has 0 fully saturated rings. The van der Waals surface area contributed by atoms with Gasteiger partial charge in [-0.15, -0.1) is 0 Å². The van der Waals surface area contributed by atoms with Gasteiger partial charge in [-0.05, 0) is 76.9 Å². The number of hydrogen-bond donors (Lipinski definition) is 2. The molecule has 34 heavy (non-hydrogen) atoms. The third-order valence-corrected chi connectivity index (χ3v) is 5.46. The Morgan fingerprint density at radius 1 is 1.03 bits per heavy atom. The van der Waals surface area contributed by atoms with Crippen LogP contribution in [0.25, 0.3) is 0 Å². The summed E-state index contributed by atoms with van der Waals surface area (Å²) in [7, 11) is 0. The van der Waals surface area contributed by atoms with Crippen LogP contribution >= 0.6 is 27.5 Å². The number of nitrogens with zero attached hydrogens (tertiary/aromatic N) is 1. The summed E-state index contributed by atoms with van der Waals surface area (Å²) in [5.41, 5.74) is 4.54. The van der Waals surface area contributed by atoms with E-state index in [4.69, 9.17) is 21.1 Å². The fraction of sp³-hybridized carbons (Fsp3) is 0.160. The van der Waals surface area contributed by atoms with Crippen molar-refractivity contribution in [1.29, 1.82) is 0 Å². The molecular formula is C25H23BrClN3O4. The molecule has 7 nitrogen and oxygen atoms in total. The number of nitrogens with one attached hydrogen (secondary N) is 2. The summed E-state index contributed by atoms with van der Waals surface area (Å²) >= 11 is 9.62. The lowest BCUT2D eigenvalue weighted by atomic mass is 10.2. The fourth-order valence-electron chi connectivity index (χ4n) is 2.86.